The lowest BCUT2D eigenvalue weighted by atomic mass is 10.1. The van der Waals surface area contributed by atoms with Crippen molar-refractivity contribution in [1.82, 2.24) is 10.2 Å². The average molecular weight is 415 g/mol. The van der Waals surface area contributed by atoms with Crippen LogP contribution in [0.3, 0.4) is 0 Å². The lowest BCUT2D eigenvalue weighted by Crippen LogP contribution is -2.40. The third-order valence-corrected chi connectivity index (χ3v) is 5.29. The lowest BCUT2D eigenvalue weighted by Gasteiger charge is -2.26. The molecule has 0 aromatic heterocycles. The number of piperidine rings is 1. The number of imide groups is 1. The number of rotatable bonds is 4. The molecule has 0 spiro atoms. The van der Waals surface area contributed by atoms with Gasteiger partial charge in [-0.3, -0.25) is 24.1 Å². The normalized spacial score (nSPS) is 15.4. The molecule has 2 heterocycles. The van der Waals surface area contributed by atoms with Crippen LogP contribution in [0.15, 0.2) is 48.5 Å². The molecular weight excluding hydrogens is 394 g/mol. The third-order valence-electron chi connectivity index (χ3n) is 5.29. The molecule has 0 atom stereocenters. The van der Waals surface area contributed by atoms with Gasteiger partial charge in [-0.15, -0.1) is 0 Å². The SMILES string of the molecule is O=C(CN1C(=O)c2ccccc2C1=O)NCC#Cc1ccc(N2CCCCC2=O)cc1. The van der Waals surface area contributed by atoms with Gasteiger partial charge in [0.15, 0.2) is 0 Å². The topological polar surface area (TPSA) is 86.8 Å². The molecule has 1 fully saturated rings. The highest BCUT2D eigenvalue weighted by molar-refractivity contribution is 6.22. The summed E-state index contributed by atoms with van der Waals surface area (Å²) in [5.41, 5.74) is 2.26. The monoisotopic (exact) mass is 415 g/mol. The van der Waals surface area contributed by atoms with Crippen molar-refractivity contribution in [2.75, 3.05) is 24.5 Å². The second-order valence-electron chi connectivity index (χ2n) is 7.37. The van der Waals surface area contributed by atoms with Gasteiger partial charge in [0.2, 0.25) is 11.8 Å². The summed E-state index contributed by atoms with van der Waals surface area (Å²) in [5, 5.41) is 2.61. The highest BCUT2D eigenvalue weighted by Crippen LogP contribution is 2.22. The average Bonchev–Trinajstić information content (AvgIpc) is 3.03. The molecule has 0 bridgehead atoms. The van der Waals surface area contributed by atoms with E-state index < -0.39 is 17.7 Å². The summed E-state index contributed by atoms with van der Waals surface area (Å²) in [7, 11) is 0. The molecule has 2 aliphatic rings. The summed E-state index contributed by atoms with van der Waals surface area (Å²) in [6, 6.07) is 13.9. The summed E-state index contributed by atoms with van der Waals surface area (Å²) in [5.74, 6) is 4.57. The third kappa shape index (κ3) is 4.33. The molecule has 0 saturated carbocycles. The summed E-state index contributed by atoms with van der Waals surface area (Å²) < 4.78 is 0. The molecule has 156 valence electrons. The lowest BCUT2D eigenvalue weighted by molar-refractivity contribution is -0.121. The first-order valence-corrected chi connectivity index (χ1v) is 10.2. The number of nitrogens with zero attached hydrogens (tertiary/aromatic N) is 2. The minimum Gasteiger partial charge on any atom is -0.344 e. The highest BCUT2D eigenvalue weighted by atomic mass is 16.2. The predicted octanol–water partition coefficient (Wildman–Crippen LogP) is 1.97. The fourth-order valence-electron chi connectivity index (χ4n) is 3.67. The number of anilines is 1. The van der Waals surface area contributed by atoms with E-state index in [0.717, 1.165) is 35.5 Å². The van der Waals surface area contributed by atoms with Gasteiger partial charge in [0, 0.05) is 24.2 Å². The Morgan fingerprint density at radius 2 is 1.61 bits per heavy atom. The first-order chi connectivity index (χ1) is 15.0. The Bertz CT molecular complexity index is 1080. The Kier molecular flexibility index (Phi) is 5.80. The van der Waals surface area contributed by atoms with Crippen molar-refractivity contribution in [3.63, 3.8) is 0 Å². The van der Waals surface area contributed by atoms with E-state index in [4.69, 9.17) is 0 Å². The molecule has 2 aliphatic heterocycles. The van der Waals surface area contributed by atoms with Gasteiger partial charge in [-0.25, -0.2) is 0 Å². The van der Waals surface area contributed by atoms with Crippen LogP contribution in [0, 0.1) is 11.8 Å². The van der Waals surface area contributed by atoms with Gasteiger partial charge in [0.1, 0.15) is 6.54 Å². The van der Waals surface area contributed by atoms with Gasteiger partial charge in [-0.1, -0.05) is 24.0 Å². The van der Waals surface area contributed by atoms with Crippen LogP contribution in [0.1, 0.15) is 45.5 Å². The summed E-state index contributed by atoms with van der Waals surface area (Å²) >= 11 is 0. The molecule has 2 aromatic carbocycles. The van der Waals surface area contributed by atoms with Crippen LogP contribution in [0.2, 0.25) is 0 Å². The van der Waals surface area contributed by atoms with E-state index in [2.05, 4.69) is 17.2 Å². The van der Waals surface area contributed by atoms with E-state index in [0.29, 0.717) is 17.5 Å². The van der Waals surface area contributed by atoms with Gasteiger partial charge in [0.25, 0.3) is 11.8 Å². The minimum atomic E-state index is -0.464. The second kappa shape index (κ2) is 8.84. The Balaban J connectivity index is 1.28. The zero-order valence-corrected chi connectivity index (χ0v) is 16.9. The van der Waals surface area contributed by atoms with Crippen molar-refractivity contribution in [3.8, 4) is 11.8 Å². The van der Waals surface area contributed by atoms with E-state index in [1.54, 1.807) is 29.2 Å². The molecule has 1 N–H and O–H groups in total. The molecule has 31 heavy (non-hydrogen) atoms. The molecule has 7 nitrogen and oxygen atoms in total. The van der Waals surface area contributed by atoms with E-state index in [9.17, 15) is 19.2 Å². The van der Waals surface area contributed by atoms with Gasteiger partial charge in [0.05, 0.1) is 17.7 Å². The van der Waals surface area contributed by atoms with Gasteiger partial charge in [-0.2, -0.15) is 0 Å². The first kappa shape index (κ1) is 20.4. The molecule has 0 radical (unpaired) electrons. The van der Waals surface area contributed by atoms with E-state index in [1.807, 2.05) is 24.3 Å². The molecule has 2 aromatic rings. The molecule has 1 saturated heterocycles. The Morgan fingerprint density at radius 3 is 2.26 bits per heavy atom. The van der Waals surface area contributed by atoms with Crippen LogP contribution in [0.4, 0.5) is 5.69 Å². The Labute approximate surface area is 180 Å². The fourth-order valence-corrected chi connectivity index (χ4v) is 3.67. The Morgan fingerprint density at radius 1 is 0.935 bits per heavy atom. The van der Waals surface area contributed by atoms with Crippen LogP contribution in [0.25, 0.3) is 0 Å². The maximum absolute atomic E-state index is 12.3. The first-order valence-electron chi connectivity index (χ1n) is 10.2. The fraction of sp³-hybridized carbons (Fsp3) is 0.250. The largest absolute Gasteiger partial charge is 0.344 e. The molecule has 0 aliphatic carbocycles. The van der Waals surface area contributed by atoms with Crippen LogP contribution in [-0.4, -0.2) is 48.2 Å². The number of hydrogen-bond donors (Lipinski definition) is 1. The van der Waals surface area contributed by atoms with Gasteiger partial charge < -0.3 is 10.2 Å². The zero-order chi connectivity index (χ0) is 21.8. The molecular formula is C24H21N3O4. The molecule has 4 amide bonds. The van der Waals surface area contributed by atoms with Gasteiger partial charge in [-0.05, 0) is 49.2 Å². The van der Waals surface area contributed by atoms with Crippen molar-refractivity contribution >= 4 is 29.3 Å². The van der Waals surface area contributed by atoms with Crippen molar-refractivity contribution in [2.45, 2.75) is 19.3 Å². The van der Waals surface area contributed by atoms with Crippen LogP contribution in [0.5, 0.6) is 0 Å². The number of carbonyl (C=O) groups is 4. The number of benzene rings is 2. The van der Waals surface area contributed by atoms with E-state index >= 15 is 0 Å². The smallest absolute Gasteiger partial charge is 0.262 e. The number of amides is 4. The van der Waals surface area contributed by atoms with Crippen molar-refractivity contribution in [2.24, 2.45) is 0 Å². The maximum atomic E-state index is 12.3. The number of nitrogens with one attached hydrogen (secondary N) is 1. The summed E-state index contributed by atoms with van der Waals surface area (Å²) in [6.45, 7) is 0.490. The number of fused-ring (bicyclic) bond motifs is 1. The van der Waals surface area contributed by atoms with Crippen molar-refractivity contribution in [1.29, 1.82) is 0 Å². The zero-order valence-electron chi connectivity index (χ0n) is 16.9. The van der Waals surface area contributed by atoms with E-state index in [1.165, 1.54) is 0 Å². The predicted molar refractivity (Wildman–Crippen MR) is 114 cm³/mol. The minimum absolute atomic E-state index is 0.0916. The maximum Gasteiger partial charge on any atom is 0.262 e. The summed E-state index contributed by atoms with van der Waals surface area (Å²) in [4.78, 5) is 51.5. The van der Waals surface area contributed by atoms with Gasteiger partial charge >= 0.3 is 0 Å². The standard InChI is InChI=1S/C24H21N3O4/c28-21(16-27-23(30)19-7-1-2-8-20(19)24(27)31)25-14-5-6-17-10-12-18(13-11-17)26-15-4-3-9-22(26)29/h1-2,7-8,10-13H,3-4,9,14-16H2,(H,25,28). The Hall–Kier alpha value is -3.92. The van der Waals surface area contributed by atoms with Crippen molar-refractivity contribution in [3.05, 3.63) is 65.2 Å². The number of carbonyl (C=O) groups excluding carboxylic acids is 4. The molecule has 0 unspecified atom stereocenters. The van der Waals surface area contributed by atoms with Crippen molar-refractivity contribution < 1.29 is 19.2 Å². The molecule has 7 heteroatoms. The quantitative estimate of drug-likeness (QED) is 0.611. The van der Waals surface area contributed by atoms with Crippen LogP contribution >= 0.6 is 0 Å². The number of hydrogen-bond acceptors (Lipinski definition) is 4. The molecule has 4 rings (SSSR count). The highest BCUT2D eigenvalue weighted by Gasteiger charge is 2.36. The second-order valence-corrected chi connectivity index (χ2v) is 7.37. The summed E-state index contributed by atoms with van der Waals surface area (Å²) in [6.07, 6.45) is 2.54. The van der Waals surface area contributed by atoms with Crippen LogP contribution in [-0.2, 0) is 9.59 Å². The van der Waals surface area contributed by atoms with Crippen LogP contribution < -0.4 is 10.2 Å². The van der Waals surface area contributed by atoms with E-state index in [-0.39, 0.29) is 19.0 Å².